The first-order chi connectivity index (χ1) is 13.0. The van der Waals surface area contributed by atoms with E-state index in [0.717, 1.165) is 19.3 Å². The topological polar surface area (TPSA) is 66.9 Å². The van der Waals surface area contributed by atoms with Crippen molar-refractivity contribution in [3.8, 4) is 0 Å². The van der Waals surface area contributed by atoms with Crippen LogP contribution < -0.4 is 10.9 Å². The molecule has 6 heteroatoms. The normalized spacial score (nSPS) is 12.1. The van der Waals surface area contributed by atoms with Crippen LogP contribution in [-0.4, -0.2) is 15.5 Å². The van der Waals surface area contributed by atoms with Crippen molar-refractivity contribution in [2.24, 2.45) is 0 Å². The van der Waals surface area contributed by atoms with Gasteiger partial charge in [-0.3, -0.25) is 14.2 Å². The van der Waals surface area contributed by atoms with Crippen molar-refractivity contribution in [1.82, 2.24) is 9.55 Å². The number of aromatic nitrogens is 2. The number of aryl methyl sites for hydroxylation is 1. The molecule has 0 bridgehead atoms. The number of aromatic amines is 1. The quantitative estimate of drug-likeness (QED) is 0.613. The highest BCUT2D eigenvalue weighted by molar-refractivity contribution is 7.71. The molecule has 1 atom stereocenters. The molecule has 5 nitrogen and oxygen atoms in total. The van der Waals surface area contributed by atoms with Gasteiger partial charge in [-0.2, -0.15) is 0 Å². The molecule has 1 aromatic heterocycles. The fraction of sp³-hybridized carbons (Fsp3) is 0.286. The molecule has 1 unspecified atom stereocenters. The first-order valence-corrected chi connectivity index (χ1v) is 9.55. The lowest BCUT2D eigenvalue weighted by Crippen LogP contribution is -2.32. The zero-order valence-corrected chi connectivity index (χ0v) is 16.3. The van der Waals surface area contributed by atoms with Crippen molar-refractivity contribution in [3.63, 3.8) is 0 Å². The summed E-state index contributed by atoms with van der Waals surface area (Å²) in [6, 6.07) is 14.2. The lowest BCUT2D eigenvalue weighted by atomic mass is 10.1. The van der Waals surface area contributed by atoms with E-state index < -0.39 is 6.04 Å². The van der Waals surface area contributed by atoms with Gasteiger partial charge in [0.15, 0.2) is 4.77 Å². The standard InChI is InChI=1S/C21H23N3O2S/c1-3-4-7-15-10-12-16(13-11-15)22-19(25)14(2)24-20(26)17-8-5-6-9-18(17)23-21(24)27/h5-6,8-14H,3-4,7H2,1-2H3,(H,22,25)(H,23,27). The van der Waals surface area contributed by atoms with Gasteiger partial charge >= 0.3 is 0 Å². The minimum atomic E-state index is -0.731. The molecule has 0 radical (unpaired) electrons. The van der Waals surface area contributed by atoms with Crippen LogP contribution >= 0.6 is 12.2 Å². The highest BCUT2D eigenvalue weighted by atomic mass is 32.1. The molecule has 0 saturated heterocycles. The number of hydrogen-bond acceptors (Lipinski definition) is 3. The Hall–Kier alpha value is -2.73. The van der Waals surface area contributed by atoms with E-state index in [1.807, 2.05) is 30.3 Å². The van der Waals surface area contributed by atoms with Crippen LogP contribution in [0.4, 0.5) is 5.69 Å². The molecule has 27 heavy (non-hydrogen) atoms. The number of para-hydroxylation sites is 1. The van der Waals surface area contributed by atoms with E-state index in [9.17, 15) is 9.59 Å². The molecular weight excluding hydrogens is 358 g/mol. The van der Waals surface area contributed by atoms with Crippen LogP contribution in [0.15, 0.2) is 53.3 Å². The Morgan fingerprint density at radius 1 is 1.19 bits per heavy atom. The number of nitrogens with one attached hydrogen (secondary N) is 2. The molecular formula is C21H23N3O2S. The fourth-order valence-electron chi connectivity index (χ4n) is 3.03. The second-order valence-electron chi connectivity index (χ2n) is 6.62. The molecule has 1 heterocycles. The van der Waals surface area contributed by atoms with E-state index in [1.54, 1.807) is 25.1 Å². The van der Waals surface area contributed by atoms with E-state index in [1.165, 1.54) is 10.1 Å². The zero-order valence-electron chi connectivity index (χ0n) is 15.5. The maximum Gasteiger partial charge on any atom is 0.262 e. The minimum absolute atomic E-state index is 0.233. The van der Waals surface area contributed by atoms with Crippen molar-refractivity contribution >= 4 is 34.7 Å². The molecule has 0 aliphatic rings. The van der Waals surface area contributed by atoms with Crippen LogP contribution in [0.3, 0.4) is 0 Å². The third kappa shape index (κ3) is 4.17. The average molecular weight is 382 g/mol. The van der Waals surface area contributed by atoms with Crippen LogP contribution in [0, 0.1) is 4.77 Å². The van der Waals surface area contributed by atoms with Gasteiger partial charge < -0.3 is 10.3 Å². The van der Waals surface area contributed by atoms with Gasteiger partial charge in [0.25, 0.3) is 5.56 Å². The highest BCUT2D eigenvalue weighted by Gasteiger charge is 2.19. The molecule has 3 rings (SSSR count). The van der Waals surface area contributed by atoms with Gasteiger partial charge in [0.1, 0.15) is 6.04 Å². The monoisotopic (exact) mass is 381 g/mol. The lowest BCUT2D eigenvalue weighted by molar-refractivity contribution is -0.118. The van der Waals surface area contributed by atoms with E-state index >= 15 is 0 Å². The van der Waals surface area contributed by atoms with E-state index in [-0.39, 0.29) is 16.2 Å². The van der Waals surface area contributed by atoms with Crippen LogP contribution in [-0.2, 0) is 11.2 Å². The second-order valence-corrected chi connectivity index (χ2v) is 7.00. The van der Waals surface area contributed by atoms with Crippen molar-refractivity contribution in [2.45, 2.75) is 39.2 Å². The maximum atomic E-state index is 12.8. The Labute approximate surface area is 163 Å². The first-order valence-electron chi connectivity index (χ1n) is 9.14. The van der Waals surface area contributed by atoms with Gasteiger partial charge in [0.05, 0.1) is 10.9 Å². The first kappa shape index (κ1) is 19.0. The molecule has 1 amide bonds. The molecule has 0 fully saturated rings. The number of fused-ring (bicyclic) bond motifs is 1. The number of carbonyl (C=O) groups excluding carboxylic acids is 1. The summed E-state index contributed by atoms with van der Waals surface area (Å²) in [5, 5.41) is 3.37. The molecule has 140 valence electrons. The van der Waals surface area contributed by atoms with Gasteiger partial charge in [-0.25, -0.2) is 0 Å². The Morgan fingerprint density at radius 2 is 1.89 bits per heavy atom. The van der Waals surface area contributed by atoms with Gasteiger partial charge in [0.2, 0.25) is 5.91 Å². The Balaban J connectivity index is 1.82. The smallest absolute Gasteiger partial charge is 0.262 e. The Bertz CT molecular complexity index is 1070. The number of rotatable bonds is 6. The largest absolute Gasteiger partial charge is 0.332 e. The van der Waals surface area contributed by atoms with Gasteiger partial charge in [-0.15, -0.1) is 0 Å². The van der Waals surface area contributed by atoms with Crippen molar-refractivity contribution < 1.29 is 4.79 Å². The van der Waals surface area contributed by atoms with Crippen LogP contribution in [0.1, 0.15) is 38.3 Å². The zero-order chi connectivity index (χ0) is 19.4. The van der Waals surface area contributed by atoms with E-state index in [4.69, 9.17) is 12.2 Å². The summed E-state index contributed by atoms with van der Waals surface area (Å²) >= 11 is 5.31. The molecule has 0 saturated carbocycles. The van der Waals surface area contributed by atoms with Crippen LogP contribution in [0.2, 0.25) is 0 Å². The van der Waals surface area contributed by atoms with Crippen molar-refractivity contribution in [3.05, 3.63) is 69.2 Å². The summed E-state index contributed by atoms with van der Waals surface area (Å²) in [6.45, 7) is 3.83. The third-order valence-corrected chi connectivity index (χ3v) is 4.94. The number of H-pyrrole nitrogens is 1. The van der Waals surface area contributed by atoms with E-state index in [2.05, 4.69) is 17.2 Å². The van der Waals surface area contributed by atoms with Crippen LogP contribution in [0.5, 0.6) is 0 Å². The van der Waals surface area contributed by atoms with Crippen molar-refractivity contribution in [1.29, 1.82) is 0 Å². The third-order valence-electron chi connectivity index (χ3n) is 4.64. The second kappa shape index (κ2) is 8.31. The summed E-state index contributed by atoms with van der Waals surface area (Å²) in [7, 11) is 0. The predicted octanol–water partition coefficient (Wildman–Crippen LogP) is 4.60. The Kier molecular flexibility index (Phi) is 5.86. The van der Waals surface area contributed by atoms with Gasteiger partial charge in [-0.1, -0.05) is 37.6 Å². The number of amides is 1. The molecule has 0 aliphatic heterocycles. The van der Waals surface area contributed by atoms with E-state index in [0.29, 0.717) is 16.6 Å². The molecule has 0 spiro atoms. The molecule has 0 aliphatic carbocycles. The molecule has 3 aromatic rings. The SMILES string of the molecule is CCCCc1ccc(NC(=O)C(C)n2c(=S)[nH]c3ccccc3c2=O)cc1. The summed E-state index contributed by atoms with van der Waals surface area (Å²) in [5.41, 5.74) is 2.35. The summed E-state index contributed by atoms with van der Waals surface area (Å²) in [6.07, 6.45) is 3.32. The molecule has 2 N–H and O–H groups in total. The number of hydrogen-bond donors (Lipinski definition) is 2. The maximum absolute atomic E-state index is 12.8. The number of carbonyl (C=O) groups is 1. The highest BCUT2D eigenvalue weighted by Crippen LogP contribution is 2.15. The lowest BCUT2D eigenvalue weighted by Gasteiger charge is -2.16. The van der Waals surface area contributed by atoms with Crippen LogP contribution in [0.25, 0.3) is 10.9 Å². The summed E-state index contributed by atoms with van der Waals surface area (Å²) in [5.74, 6) is -0.284. The number of benzene rings is 2. The number of unbranched alkanes of at least 4 members (excludes halogenated alkanes) is 1. The molecule has 2 aromatic carbocycles. The average Bonchev–Trinajstić information content (AvgIpc) is 2.67. The summed E-state index contributed by atoms with van der Waals surface area (Å²) in [4.78, 5) is 28.5. The minimum Gasteiger partial charge on any atom is -0.332 e. The number of nitrogens with zero attached hydrogens (tertiary/aromatic N) is 1. The fourth-order valence-corrected chi connectivity index (χ4v) is 3.38. The summed E-state index contributed by atoms with van der Waals surface area (Å²) < 4.78 is 1.55. The van der Waals surface area contributed by atoms with Gasteiger partial charge in [-0.05, 0) is 61.8 Å². The van der Waals surface area contributed by atoms with Gasteiger partial charge in [0, 0.05) is 5.69 Å². The Morgan fingerprint density at radius 3 is 2.59 bits per heavy atom. The number of anilines is 1. The van der Waals surface area contributed by atoms with Crippen molar-refractivity contribution in [2.75, 3.05) is 5.32 Å². The predicted molar refractivity (Wildman–Crippen MR) is 112 cm³/mol.